The summed E-state index contributed by atoms with van der Waals surface area (Å²) in [7, 11) is 0. The average molecular weight is 420 g/mol. The molecule has 0 fully saturated rings. The fourth-order valence-corrected chi connectivity index (χ4v) is 5.18. The Morgan fingerprint density at radius 1 is 1.10 bits per heavy atom. The summed E-state index contributed by atoms with van der Waals surface area (Å²) in [4.78, 5) is 17.7. The van der Waals surface area contributed by atoms with Gasteiger partial charge in [-0.1, -0.05) is 48.2 Å². The van der Waals surface area contributed by atoms with Crippen molar-refractivity contribution < 1.29 is 9.53 Å². The molecule has 0 bridgehead atoms. The number of para-hydroxylation sites is 2. The maximum atomic E-state index is 12.8. The zero-order chi connectivity index (χ0) is 20.3. The molecule has 2 aliphatic rings. The lowest BCUT2D eigenvalue weighted by Gasteiger charge is -2.26. The van der Waals surface area contributed by atoms with Gasteiger partial charge in [-0.15, -0.1) is 0 Å². The van der Waals surface area contributed by atoms with Crippen molar-refractivity contribution in [3.05, 3.63) is 71.5 Å². The summed E-state index contributed by atoms with van der Waals surface area (Å²) in [6, 6.07) is 18.3. The first-order valence-electron chi connectivity index (χ1n) is 10.6. The van der Waals surface area contributed by atoms with E-state index in [1.54, 1.807) is 0 Å². The molecule has 1 aliphatic carbocycles. The highest BCUT2D eigenvalue weighted by Gasteiger charge is 2.24. The fraction of sp³-hybridized carbons (Fsp3) is 0.333. The molecule has 0 radical (unpaired) electrons. The number of hydrogen-bond donors (Lipinski definition) is 1. The van der Waals surface area contributed by atoms with Gasteiger partial charge in [-0.05, 0) is 43.9 Å². The third-order valence-corrected chi connectivity index (χ3v) is 6.68. The Hall–Kier alpha value is -2.73. The van der Waals surface area contributed by atoms with E-state index in [0.717, 1.165) is 41.4 Å². The highest BCUT2D eigenvalue weighted by Crippen LogP contribution is 2.33. The van der Waals surface area contributed by atoms with Crippen molar-refractivity contribution in [3.63, 3.8) is 0 Å². The lowest BCUT2D eigenvalue weighted by Crippen LogP contribution is -2.33. The van der Waals surface area contributed by atoms with Gasteiger partial charge in [0.25, 0.3) is 0 Å². The van der Waals surface area contributed by atoms with Gasteiger partial charge in [0.05, 0.1) is 24.1 Å². The van der Waals surface area contributed by atoms with E-state index in [2.05, 4.69) is 22.0 Å². The summed E-state index contributed by atoms with van der Waals surface area (Å²) in [5.74, 6) is 1.25. The van der Waals surface area contributed by atoms with Crippen LogP contribution in [0.15, 0.2) is 59.8 Å². The molecule has 5 rings (SSSR count). The number of hydrogen-bond acceptors (Lipinski definition) is 4. The van der Waals surface area contributed by atoms with Crippen LogP contribution in [0.25, 0.3) is 5.69 Å². The number of nitrogens with one attached hydrogen (secondary N) is 1. The molecule has 6 heteroatoms. The smallest absolute Gasteiger partial charge is 0.230 e. The van der Waals surface area contributed by atoms with Gasteiger partial charge in [0.1, 0.15) is 5.75 Å². The third-order valence-electron chi connectivity index (χ3n) is 5.74. The largest absolute Gasteiger partial charge is 0.493 e. The first kappa shape index (κ1) is 19.2. The Morgan fingerprint density at radius 2 is 1.90 bits per heavy atom. The number of nitrogens with zero attached hydrogens (tertiary/aromatic N) is 2. The van der Waals surface area contributed by atoms with Crippen LogP contribution in [0.3, 0.4) is 0 Å². The number of amides is 1. The first-order valence-corrected chi connectivity index (χ1v) is 11.6. The highest BCUT2D eigenvalue weighted by molar-refractivity contribution is 7.99. The molecule has 3 aromatic rings. The predicted molar refractivity (Wildman–Crippen MR) is 118 cm³/mol. The number of imidazole rings is 1. The van der Waals surface area contributed by atoms with E-state index in [-0.39, 0.29) is 11.9 Å². The van der Waals surface area contributed by atoms with Crippen LogP contribution < -0.4 is 10.1 Å². The number of carbonyl (C=O) groups excluding carboxylic acids is 1. The fourth-order valence-electron chi connectivity index (χ4n) is 4.31. The molecule has 1 N–H and O–H groups in total. The molecule has 1 amide bonds. The van der Waals surface area contributed by atoms with Crippen LogP contribution in [-0.4, -0.2) is 27.8 Å². The van der Waals surface area contributed by atoms with Crippen LogP contribution in [0, 0.1) is 0 Å². The number of thioether (sulfide) groups is 1. The molecule has 0 spiro atoms. The van der Waals surface area contributed by atoms with Crippen LogP contribution in [0.5, 0.6) is 5.75 Å². The van der Waals surface area contributed by atoms with Crippen molar-refractivity contribution in [2.24, 2.45) is 0 Å². The predicted octanol–water partition coefficient (Wildman–Crippen LogP) is 4.48. The molecular formula is C24H25N3O2S. The maximum absolute atomic E-state index is 12.8. The number of aryl methyl sites for hydroxylation is 1. The normalized spacial score (nSPS) is 17.5. The van der Waals surface area contributed by atoms with E-state index in [1.807, 2.05) is 42.5 Å². The van der Waals surface area contributed by atoms with E-state index in [1.165, 1.54) is 36.0 Å². The quantitative estimate of drug-likeness (QED) is 0.620. The minimum atomic E-state index is 0.00474. The first-order chi connectivity index (χ1) is 14.8. The second-order valence-corrected chi connectivity index (χ2v) is 8.69. The summed E-state index contributed by atoms with van der Waals surface area (Å²) < 4.78 is 7.95. The van der Waals surface area contributed by atoms with Crippen molar-refractivity contribution in [1.82, 2.24) is 14.9 Å². The molecule has 0 saturated carbocycles. The molecule has 1 atom stereocenters. The van der Waals surface area contributed by atoms with Crippen LogP contribution in [0.2, 0.25) is 0 Å². The maximum Gasteiger partial charge on any atom is 0.230 e. The van der Waals surface area contributed by atoms with E-state index in [0.29, 0.717) is 12.4 Å². The number of benzene rings is 2. The van der Waals surface area contributed by atoms with Gasteiger partial charge in [0.2, 0.25) is 5.91 Å². The molecule has 154 valence electrons. The molecule has 0 unspecified atom stereocenters. The van der Waals surface area contributed by atoms with Crippen LogP contribution in [0.1, 0.15) is 42.3 Å². The Bertz CT molecular complexity index is 1050. The Balaban J connectivity index is 1.32. The van der Waals surface area contributed by atoms with Crippen LogP contribution in [-0.2, 0) is 17.6 Å². The number of rotatable bonds is 5. The molecule has 2 heterocycles. The van der Waals surface area contributed by atoms with Crippen molar-refractivity contribution in [2.45, 2.75) is 43.3 Å². The topological polar surface area (TPSA) is 56.2 Å². The molecule has 1 aliphatic heterocycles. The van der Waals surface area contributed by atoms with Gasteiger partial charge in [-0.2, -0.15) is 0 Å². The van der Waals surface area contributed by atoms with Gasteiger partial charge >= 0.3 is 0 Å². The zero-order valence-electron chi connectivity index (χ0n) is 16.8. The third kappa shape index (κ3) is 3.84. The molecule has 2 aromatic carbocycles. The van der Waals surface area contributed by atoms with E-state index in [4.69, 9.17) is 9.72 Å². The molecular weight excluding hydrogens is 394 g/mol. The number of carbonyl (C=O) groups is 1. The molecule has 0 saturated heterocycles. The van der Waals surface area contributed by atoms with E-state index >= 15 is 0 Å². The lowest BCUT2D eigenvalue weighted by atomic mass is 10.0. The highest BCUT2D eigenvalue weighted by atomic mass is 32.2. The minimum Gasteiger partial charge on any atom is -0.493 e. The second-order valence-electron chi connectivity index (χ2n) is 7.75. The van der Waals surface area contributed by atoms with Crippen LogP contribution >= 0.6 is 11.8 Å². The van der Waals surface area contributed by atoms with Crippen molar-refractivity contribution in [2.75, 3.05) is 12.4 Å². The SMILES string of the molecule is O=C(CSc1nc2c(n1-c1ccccc1)CCCC2)N[C@@H]1CCOc2ccccc21. The Kier molecular flexibility index (Phi) is 5.49. The van der Waals surface area contributed by atoms with Gasteiger partial charge in [0, 0.05) is 23.4 Å². The summed E-state index contributed by atoms with van der Waals surface area (Å²) in [6.45, 7) is 0.625. The molecule has 30 heavy (non-hydrogen) atoms. The van der Waals surface area contributed by atoms with Crippen molar-refractivity contribution in [1.29, 1.82) is 0 Å². The number of aromatic nitrogens is 2. The molecule has 5 nitrogen and oxygen atoms in total. The van der Waals surface area contributed by atoms with Crippen LogP contribution in [0.4, 0.5) is 0 Å². The monoisotopic (exact) mass is 419 g/mol. The van der Waals surface area contributed by atoms with Gasteiger partial charge in [-0.25, -0.2) is 4.98 Å². The van der Waals surface area contributed by atoms with E-state index < -0.39 is 0 Å². The lowest BCUT2D eigenvalue weighted by molar-refractivity contribution is -0.119. The second kappa shape index (κ2) is 8.56. The summed E-state index contributed by atoms with van der Waals surface area (Å²) in [5, 5.41) is 4.10. The summed E-state index contributed by atoms with van der Waals surface area (Å²) in [6.07, 6.45) is 5.24. The molecule has 1 aromatic heterocycles. The number of ether oxygens (including phenoxy) is 1. The van der Waals surface area contributed by atoms with Gasteiger partial charge in [-0.3, -0.25) is 9.36 Å². The zero-order valence-corrected chi connectivity index (χ0v) is 17.7. The minimum absolute atomic E-state index is 0.00474. The Labute approximate surface area is 180 Å². The van der Waals surface area contributed by atoms with Gasteiger partial charge in [0.15, 0.2) is 5.16 Å². The van der Waals surface area contributed by atoms with E-state index in [9.17, 15) is 4.79 Å². The summed E-state index contributed by atoms with van der Waals surface area (Å²) >= 11 is 1.52. The Morgan fingerprint density at radius 3 is 2.80 bits per heavy atom. The standard InChI is InChI=1S/C24H25N3O2S/c28-23(25-19-14-15-29-22-13-7-4-10-18(19)22)16-30-24-26-20-11-5-6-12-21(20)27(24)17-8-2-1-3-9-17/h1-4,7-10,13,19H,5-6,11-12,14-16H2,(H,25,28)/t19-/m1/s1. The van der Waals surface area contributed by atoms with Crippen molar-refractivity contribution >= 4 is 17.7 Å². The summed E-state index contributed by atoms with van der Waals surface area (Å²) in [5.41, 5.74) is 4.66. The average Bonchev–Trinajstić information content (AvgIpc) is 3.17. The van der Waals surface area contributed by atoms with Gasteiger partial charge < -0.3 is 10.1 Å². The number of fused-ring (bicyclic) bond motifs is 2. The van der Waals surface area contributed by atoms with Crippen molar-refractivity contribution in [3.8, 4) is 11.4 Å².